The van der Waals surface area contributed by atoms with Crippen LogP contribution in [0.2, 0.25) is 0 Å². The van der Waals surface area contributed by atoms with Gasteiger partial charge in [-0.05, 0) is 36.1 Å². The Morgan fingerprint density at radius 3 is 2.67 bits per heavy atom. The maximum Gasteiger partial charge on any atom is 0.303 e. The van der Waals surface area contributed by atoms with E-state index < -0.39 is 12.1 Å². The van der Waals surface area contributed by atoms with Gasteiger partial charge in [0.15, 0.2) is 0 Å². The van der Waals surface area contributed by atoms with Crippen molar-refractivity contribution in [3.8, 4) is 0 Å². The zero-order chi connectivity index (χ0) is 13.0. The lowest BCUT2D eigenvalue weighted by Gasteiger charge is -2.37. The lowest BCUT2D eigenvalue weighted by Crippen LogP contribution is -2.29. The summed E-state index contributed by atoms with van der Waals surface area (Å²) < 4.78 is 0. The second-order valence-corrected chi connectivity index (χ2v) is 6.35. The van der Waals surface area contributed by atoms with E-state index in [0.717, 1.165) is 30.6 Å². The smallest absolute Gasteiger partial charge is 0.303 e. The summed E-state index contributed by atoms with van der Waals surface area (Å²) in [5.41, 5.74) is -0.201. The van der Waals surface area contributed by atoms with Crippen LogP contribution in [0.15, 0.2) is 17.5 Å². The third kappa shape index (κ3) is 3.33. The molecule has 100 valence electrons. The zero-order valence-corrected chi connectivity index (χ0v) is 11.3. The van der Waals surface area contributed by atoms with Crippen molar-refractivity contribution in [3.05, 3.63) is 22.4 Å². The summed E-state index contributed by atoms with van der Waals surface area (Å²) in [6.45, 7) is 0. The van der Waals surface area contributed by atoms with Gasteiger partial charge in [0.1, 0.15) is 0 Å². The van der Waals surface area contributed by atoms with Crippen molar-refractivity contribution in [3.63, 3.8) is 0 Å². The van der Waals surface area contributed by atoms with Crippen LogP contribution in [0, 0.1) is 5.41 Å². The molecular formula is C14H20O3S. The number of carboxylic acid groups (broad SMARTS) is 1. The molecule has 0 spiro atoms. The first-order valence-electron chi connectivity index (χ1n) is 6.55. The second-order valence-electron chi connectivity index (χ2n) is 5.37. The van der Waals surface area contributed by atoms with Crippen LogP contribution in [-0.2, 0) is 4.79 Å². The molecule has 18 heavy (non-hydrogen) atoms. The minimum absolute atomic E-state index is 0.190. The van der Waals surface area contributed by atoms with E-state index in [1.165, 1.54) is 17.8 Å². The van der Waals surface area contributed by atoms with Gasteiger partial charge in [0.25, 0.3) is 0 Å². The summed E-state index contributed by atoms with van der Waals surface area (Å²) in [5, 5.41) is 21.3. The topological polar surface area (TPSA) is 57.5 Å². The largest absolute Gasteiger partial charge is 0.481 e. The Bertz CT molecular complexity index is 380. The molecule has 1 aromatic heterocycles. The van der Waals surface area contributed by atoms with Gasteiger partial charge in [-0.3, -0.25) is 4.79 Å². The fourth-order valence-electron chi connectivity index (χ4n) is 3.07. The number of carboxylic acids is 1. The highest BCUT2D eigenvalue weighted by molar-refractivity contribution is 7.10. The Morgan fingerprint density at radius 2 is 2.11 bits per heavy atom. The van der Waals surface area contributed by atoms with Crippen molar-refractivity contribution < 1.29 is 15.0 Å². The minimum Gasteiger partial charge on any atom is -0.481 e. The second kappa shape index (κ2) is 5.85. The molecule has 2 N–H and O–H groups in total. The number of aliphatic carboxylic acids is 1. The monoisotopic (exact) mass is 268 g/mol. The highest BCUT2D eigenvalue weighted by Gasteiger charge is 2.36. The van der Waals surface area contributed by atoms with Crippen molar-refractivity contribution in [2.45, 2.75) is 51.0 Å². The number of thiophene rings is 1. The van der Waals surface area contributed by atoms with E-state index in [9.17, 15) is 9.90 Å². The Balaban J connectivity index is 2.07. The quantitative estimate of drug-likeness (QED) is 0.858. The van der Waals surface area contributed by atoms with Gasteiger partial charge < -0.3 is 10.2 Å². The average Bonchev–Trinajstić information content (AvgIpc) is 2.82. The number of carbonyl (C=O) groups is 1. The van der Waals surface area contributed by atoms with Crippen molar-refractivity contribution in [2.75, 3.05) is 0 Å². The number of hydrogen-bond acceptors (Lipinski definition) is 3. The summed E-state index contributed by atoms with van der Waals surface area (Å²) in [7, 11) is 0. The number of aliphatic hydroxyl groups excluding tert-OH is 1. The van der Waals surface area contributed by atoms with Gasteiger partial charge in [0.05, 0.1) is 12.5 Å². The standard InChI is InChI=1S/C14H20O3S/c15-11(12-5-4-8-18-12)9-14(10-13(16)17)6-2-1-3-7-14/h4-5,8,11,15H,1-3,6-7,9-10H2,(H,16,17). The van der Waals surface area contributed by atoms with Gasteiger partial charge >= 0.3 is 5.97 Å². The van der Waals surface area contributed by atoms with E-state index in [-0.39, 0.29) is 11.8 Å². The molecule has 3 nitrogen and oxygen atoms in total. The predicted molar refractivity (Wildman–Crippen MR) is 71.7 cm³/mol. The molecule has 1 saturated carbocycles. The first-order valence-corrected chi connectivity index (χ1v) is 7.43. The highest BCUT2D eigenvalue weighted by atomic mass is 32.1. The van der Waals surface area contributed by atoms with E-state index in [1.807, 2.05) is 17.5 Å². The van der Waals surface area contributed by atoms with E-state index in [2.05, 4.69) is 0 Å². The fourth-order valence-corrected chi connectivity index (χ4v) is 3.78. The highest BCUT2D eigenvalue weighted by Crippen LogP contribution is 2.46. The van der Waals surface area contributed by atoms with Gasteiger partial charge in [-0.25, -0.2) is 0 Å². The Hall–Kier alpha value is -0.870. The molecule has 0 saturated heterocycles. The summed E-state index contributed by atoms with van der Waals surface area (Å²) >= 11 is 1.54. The molecule has 1 fully saturated rings. The van der Waals surface area contributed by atoms with E-state index >= 15 is 0 Å². The summed E-state index contributed by atoms with van der Waals surface area (Å²) in [6.07, 6.45) is 5.49. The van der Waals surface area contributed by atoms with Crippen molar-refractivity contribution in [1.29, 1.82) is 0 Å². The Kier molecular flexibility index (Phi) is 4.40. The lowest BCUT2D eigenvalue weighted by molar-refractivity contribution is -0.141. The van der Waals surface area contributed by atoms with E-state index in [1.54, 1.807) is 0 Å². The average molecular weight is 268 g/mol. The molecule has 4 heteroatoms. The van der Waals surface area contributed by atoms with Crippen LogP contribution in [0.4, 0.5) is 0 Å². The first-order chi connectivity index (χ1) is 8.61. The fraction of sp³-hybridized carbons (Fsp3) is 0.643. The van der Waals surface area contributed by atoms with E-state index in [0.29, 0.717) is 6.42 Å². The number of hydrogen-bond donors (Lipinski definition) is 2. The van der Waals surface area contributed by atoms with Crippen LogP contribution in [-0.4, -0.2) is 16.2 Å². The zero-order valence-electron chi connectivity index (χ0n) is 10.5. The number of aliphatic hydroxyl groups is 1. The van der Waals surface area contributed by atoms with Crippen molar-refractivity contribution in [1.82, 2.24) is 0 Å². The van der Waals surface area contributed by atoms with Crippen LogP contribution in [0.25, 0.3) is 0 Å². The van der Waals surface area contributed by atoms with Crippen LogP contribution in [0.5, 0.6) is 0 Å². The van der Waals surface area contributed by atoms with Gasteiger partial charge in [-0.15, -0.1) is 11.3 Å². The Morgan fingerprint density at radius 1 is 1.39 bits per heavy atom. The molecule has 1 atom stereocenters. The van der Waals surface area contributed by atoms with Crippen LogP contribution < -0.4 is 0 Å². The molecule has 1 aliphatic rings. The molecule has 0 amide bonds. The Labute approximate surface area is 111 Å². The van der Waals surface area contributed by atoms with Gasteiger partial charge in [0, 0.05) is 4.88 Å². The molecule has 0 bridgehead atoms. The molecular weight excluding hydrogens is 248 g/mol. The third-order valence-electron chi connectivity index (χ3n) is 3.94. The summed E-state index contributed by atoms with van der Waals surface area (Å²) in [6, 6.07) is 3.85. The third-order valence-corrected chi connectivity index (χ3v) is 4.91. The van der Waals surface area contributed by atoms with Gasteiger partial charge in [-0.2, -0.15) is 0 Å². The van der Waals surface area contributed by atoms with Crippen molar-refractivity contribution in [2.24, 2.45) is 5.41 Å². The summed E-state index contributed by atoms with van der Waals surface area (Å²) in [4.78, 5) is 12.0. The normalized spacial score (nSPS) is 20.5. The minimum atomic E-state index is -0.740. The molecule has 1 aromatic rings. The van der Waals surface area contributed by atoms with E-state index in [4.69, 9.17) is 5.11 Å². The van der Waals surface area contributed by atoms with Crippen LogP contribution in [0.1, 0.15) is 55.9 Å². The van der Waals surface area contributed by atoms with Crippen LogP contribution >= 0.6 is 11.3 Å². The predicted octanol–water partition coefficient (Wildman–Crippen LogP) is 3.60. The first kappa shape index (κ1) is 13.6. The maximum atomic E-state index is 11.1. The summed E-state index contributed by atoms with van der Waals surface area (Å²) in [5.74, 6) is -0.740. The molecule has 0 aliphatic heterocycles. The molecule has 1 heterocycles. The molecule has 2 rings (SSSR count). The van der Waals surface area contributed by atoms with Crippen LogP contribution in [0.3, 0.4) is 0 Å². The molecule has 0 radical (unpaired) electrons. The SMILES string of the molecule is O=C(O)CC1(CC(O)c2cccs2)CCCCC1. The lowest BCUT2D eigenvalue weighted by atomic mass is 9.68. The van der Waals surface area contributed by atoms with Gasteiger partial charge in [-0.1, -0.05) is 25.3 Å². The van der Waals surface area contributed by atoms with Gasteiger partial charge in [0.2, 0.25) is 0 Å². The molecule has 1 unspecified atom stereocenters. The molecule has 1 aliphatic carbocycles. The maximum absolute atomic E-state index is 11.1. The number of rotatable bonds is 5. The van der Waals surface area contributed by atoms with Crippen molar-refractivity contribution >= 4 is 17.3 Å². The molecule has 0 aromatic carbocycles.